The highest BCUT2D eigenvalue weighted by Crippen LogP contribution is 2.25. The lowest BCUT2D eigenvalue weighted by Crippen LogP contribution is -2.42. The number of carbonyl (C=O) groups is 2. The molecule has 1 aliphatic rings. The van der Waals surface area contributed by atoms with E-state index in [2.05, 4.69) is 25.8 Å². The Labute approximate surface area is 155 Å². The van der Waals surface area contributed by atoms with Gasteiger partial charge in [0.15, 0.2) is 5.78 Å². The van der Waals surface area contributed by atoms with Gasteiger partial charge in [0.05, 0.1) is 0 Å². The molecular formula is C22H26N2O2. The molecule has 0 spiro atoms. The summed E-state index contributed by atoms with van der Waals surface area (Å²) in [7, 11) is 0. The molecule has 0 unspecified atom stereocenters. The summed E-state index contributed by atoms with van der Waals surface area (Å²) in [5.74, 6) is -0.105. The molecule has 4 nitrogen and oxygen atoms in total. The Morgan fingerprint density at radius 1 is 1.08 bits per heavy atom. The van der Waals surface area contributed by atoms with E-state index < -0.39 is 0 Å². The molecule has 4 heteroatoms. The lowest BCUT2D eigenvalue weighted by molar-refractivity contribution is 0.0632. The van der Waals surface area contributed by atoms with Crippen molar-refractivity contribution in [1.82, 2.24) is 9.88 Å². The van der Waals surface area contributed by atoms with Crippen LogP contribution < -0.4 is 0 Å². The summed E-state index contributed by atoms with van der Waals surface area (Å²) in [6.07, 6.45) is 3.29. The van der Waals surface area contributed by atoms with Crippen LogP contribution in [0.5, 0.6) is 0 Å². The van der Waals surface area contributed by atoms with E-state index in [-0.39, 0.29) is 23.0 Å². The number of ketones is 1. The molecule has 0 bridgehead atoms. The maximum atomic E-state index is 12.9. The number of benzene rings is 1. The van der Waals surface area contributed by atoms with Crippen molar-refractivity contribution in [3.63, 3.8) is 0 Å². The minimum atomic E-state index is -0.142. The number of piperidine rings is 1. The van der Waals surface area contributed by atoms with Crippen molar-refractivity contribution < 1.29 is 9.59 Å². The smallest absolute Gasteiger partial charge is 0.272 e. The maximum Gasteiger partial charge on any atom is 0.272 e. The minimum Gasteiger partial charge on any atom is -0.337 e. The standard InChI is InChI=1S/C22H26N2O2/c1-22(2,3)18-11-9-16(10-12-18)20(25)17-7-6-14-24(15-17)21(26)19-8-4-5-13-23-19/h4-5,8-13,17H,6-7,14-15H2,1-3H3/t17-/m0/s1. The molecule has 1 aliphatic heterocycles. The van der Waals surface area contributed by atoms with Crippen molar-refractivity contribution in [2.45, 2.75) is 39.0 Å². The maximum absolute atomic E-state index is 12.9. The Bertz CT molecular complexity index is 776. The first-order chi connectivity index (χ1) is 12.4. The van der Waals surface area contributed by atoms with Crippen molar-refractivity contribution in [1.29, 1.82) is 0 Å². The number of pyridine rings is 1. The lowest BCUT2D eigenvalue weighted by atomic mass is 9.85. The number of rotatable bonds is 3. The topological polar surface area (TPSA) is 50.3 Å². The summed E-state index contributed by atoms with van der Waals surface area (Å²) in [5.41, 5.74) is 2.45. The Morgan fingerprint density at radius 3 is 2.42 bits per heavy atom. The number of Topliss-reactive ketones (excluding diaryl/α,β-unsaturated/α-hetero) is 1. The van der Waals surface area contributed by atoms with Gasteiger partial charge in [-0.1, -0.05) is 51.1 Å². The average Bonchev–Trinajstić information content (AvgIpc) is 2.67. The Hall–Kier alpha value is -2.49. The zero-order valence-corrected chi connectivity index (χ0v) is 15.7. The van der Waals surface area contributed by atoms with Crippen LogP contribution in [0, 0.1) is 5.92 Å². The zero-order valence-electron chi connectivity index (χ0n) is 15.7. The number of nitrogens with zero attached hydrogens (tertiary/aromatic N) is 2. The Kier molecular flexibility index (Phi) is 5.21. The number of aromatic nitrogens is 1. The fourth-order valence-corrected chi connectivity index (χ4v) is 3.40. The SMILES string of the molecule is CC(C)(C)c1ccc(C(=O)[C@H]2CCCN(C(=O)c3ccccn3)C2)cc1. The molecule has 1 fully saturated rings. The molecule has 1 atom stereocenters. The molecular weight excluding hydrogens is 324 g/mol. The van der Waals surface area contributed by atoms with E-state index in [1.807, 2.05) is 30.3 Å². The Morgan fingerprint density at radius 2 is 1.81 bits per heavy atom. The molecule has 3 rings (SSSR count). The molecule has 2 heterocycles. The van der Waals surface area contributed by atoms with Gasteiger partial charge in [0.2, 0.25) is 0 Å². The summed E-state index contributed by atoms with van der Waals surface area (Å²) >= 11 is 0. The molecule has 1 saturated heterocycles. The molecule has 1 aromatic carbocycles. The van der Waals surface area contributed by atoms with E-state index in [0.29, 0.717) is 18.8 Å². The zero-order chi connectivity index (χ0) is 18.7. The second-order valence-corrected chi connectivity index (χ2v) is 8.00. The first-order valence-corrected chi connectivity index (χ1v) is 9.21. The quantitative estimate of drug-likeness (QED) is 0.783. The normalized spacial score (nSPS) is 17.8. The van der Waals surface area contributed by atoms with E-state index in [1.54, 1.807) is 23.2 Å². The van der Waals surface area contributed by atoms with E-state index in [0.717, 1.165) is 18.4 Å². The van der Waals surface area contributed by atoms with Crippen LogP contribution in [0.25, 0.3) is 0 Å². The molecule has 1 aromatic heterocycles. The first-order valence-electron chi connectivity index (χ1n) is 9.21. The predicted octanol–water partition coefficient (Wildman–Crippen LogP) is 4.11. The third kappa shape index (κ3) is 4.01. The van der Waals surface area contributed by atoms with E-state index in [9.17, 15) is 9.59 Å². The van der Waals surface area contributed by atoms with Crippen LogP contribution in [0.2, 0.25) is 0 Å². The molecule has 0 radical (unpaired) electrons. The van der Waals surface area contributed by atoms with Gasteiger partial charge in [-0.05, 0) is 36.0 Å². The van der Waals surface area contributed by atoms with Crippen molar-refractivity contribution >= 4 is 11.7 Å². The van der Waals surface area contributed by atoms with Gasteiger partial charge >= 0.3 is 0 Å². The highest BCUT2D eigenvalue weighted by Gasteiger charge is 2.30. The fourth-order valence-electron chi connectivity index (χ4n) is 3.40. The molecule has 136 valence electrons. The summed E-state index contributed by atoms with van der Waals surface area (Å²) < 4.78 is 0. The number of likely N-dealkylation sites (tertiary alicyclic amines) is 1. The van der Waals surface area contributed by atoms with Crippen LogP contribution in [0.3, 0.4) is 0 Å². The van der Waals surface area contributed by atoms with Gasteiger partial charge in [-0.15, -0.1) is 0 Å². The van der Waals surface area contributed by atoms with Crippen LogP contribution in [-0.2, 0) is 5.41 Å². The van der Waals surface area contributed by atoms with Gasteiger partial charge in [0.25, 0.3) is 5.91 Å². The monoisotopic (exact) mass is 350 g/mol. The van der Waals surface area contributed by atoms with Crippen LogP contribution in [0.4, 0.5) is 0 Å². The minimum absolute atomic E-state index is 0.0678. The predicted molar refractivity (Wildman–Crippen MR) is 102 cm³/mol. The van der Waals surface area contributed by atoms with Gasteiger partial charge in [-0.2, -0.15) is 0 Å². The van der Waals surface area contributed by atoms with Gasteiger partial charge in [0.1, 0.15) is 5.69 Å². The van der Waals surface area contributed by atoms with Crippen LogP contribution in [0.15, 0.2) is 48.7 Å². The lowest BCUT2D eigenvalue weighted by Gasteiger charge is -2.32. The van der Waals surface area contributed by atoms with Gasteiger partial charge in [0, 0.05) is 30.8 Å². The van der Waals surface area contributed by atoms with Gasteiger partial charge in [-0.3, -0.25) is 14.6 Å². The third-order valence-electron chi connectivity index (χ3n) is 5.00. The molecule has 2 aromatic rings. The van der Waals surface area contributed by atoms with Crippen LogP contribution in [0.1, 0.15) is 60.0 Å². The highest BCUT2D eigenvalue weighted by atomic mass is 16.2. The largest absolute Gasteiger partial charge is 0.337 e. The van der Waals surface area contributed by atoms with E-state index >= 15 is 0 Å². The Balaban J connectivity index is 1.71. The number of hydrogen-bond acceptors (Lipinski definition) is 3. The molecule has 0 aliphatic carbocycles. The summed E-state index contributed by atoms with van der Waals surface area (Å²) in [6, 6.07) is 13.2. The summed E-state index contributed by atoms with van der Waals surface area (Å²) in [5, 5.41) is 0. The average molecular weight is 350 g/mol. The molecule has 1 amide bonds. The second-order valence-electron chi connectivity index (χ2n) is 8.00. The molecule has 26 heavy (non-hydrogen) atoms. The van der Waals surface area contributed by atoms with E-state index in [4.69, 9.17) is 0 Å². The molecule has 0 saturated carbocycles. The number of amides is 1. The fraction of sp³-hybridized carbons (Fsp3) is 0.409. The summed E-state index contributed by atoms with van der Waals surface area (Å²) in [6.45, 7) is 7.63. The second kappa shape index (κ2) is 7.40. The van der Waals surface area contributed by atoms with Gasteiger partial charge < -0.3 is 4.90 Å². The van der Waals surface area contributed by atoms with E-state index in [1.165, 1.54) is 5.56 Å². The summed E-state index contributed by atoms with van der Waals surface area (Å²) in [4.78, 5) is 31.4. The van der Waals surface area contributed by atoms with Crippen molar-refractivity contribution in [2.24, 2.45) is 5.92 Å². The first kappa shape index (κ1) is 18.3. The van der Waals surface area contributed by atoms with Gasteiger partial charge in [-0.25, -0.2) is 0 Å². The number of carbonyl (C=O) groups excluding carboxylic acids is 2. The third-order valence-corrected chi connectivity index (χ3v) is 5.00. The highest BCUT2D eigenvalue weighted by molar-refractivity contribution is 5.99. The van der Waals surface area contributed by atoms with Crippen molar-refractivity contribution in [2.75, 3.05) is 13.1 Å². The number of hydrogen-bond donors (Lipinski definition) is 0. The van der Waals surface area contributed by atoms with Crippen molar-refractivity contribution in [3.05, 3.63) is 65.5 Å². The molecule has 0 N–H and O–H groups in total. The van der Waals surface area contributed by atoms with Crippen LogP contribution in [-0.4, -0.2) is 34.7 Å². The van der Waals surface area contributed by atoms with Crippen molar-refractivity contribution in [3.8, 4) is 0 Å². The van der Waals surface area contributed by atoms with Crippen LogP contribution >= 0.6 is 0 Å².